The van der Waals surface area contributed by atoms with Gasteiger partial charge in [0.15, 0.2) is 0 Å². The van der Waals surface area contributed by atoms with Gasteiger partial charge in [-0.15, -0.1) is 0 Å². The molecule has 0 aromatic heterocycles. The van der Waals surface area contributed by atoms with Gasteiger partial charge in [0.25, 0.3) is 0 Å². The zero-order valence-electron chi connectivity index (χ0n) is 8.67. The molecule has 4 heteroatoms. The molecule has 13 heavy (non-hydrogen) atoms. The number of esters is 1. The quantitative estimate of drug-likeness (QED) is 0.464. The Kier molecular flexibility index (Phi) is 6.54. The summed E-state index contributed by atoms with van der Waals surface area (Å²) in [6, 6.07) is 0.126. The van der Waals surface area contributed by atoms with Crippen molar-refractivity contribution in [2.75, 3.05) is 13.1 Å². The molecule has 1 unspecified atom stereocenters. The highest BCUT2D eigenvalue weighted by atomic mass is 16.5. The van der Waals surface area contributed by atoms with Gasteiger partial charge in [-0.25, -0.2) is 0 Å². The van der Waals surface area contributed by atoms with Gasteiger partial charge in [-0.3, -0.25) is 4.79 Å². The van der Waals surface area contributed by atoms with E-state index in [0.29, 0.717) is 13.0 Å². The van der Waals surface area contributed by atoms with E-state index in [1.165, 1.54) is 0 Å². The number of nitrogens with one attached hydrogen (secondary N) is 1. The van der Waals surface area contributed by atoms with Crippen LogP contribution in [0, 0.1) is 0 Å². The second kappa shape index (κ2) is 6.86. The van der Waals surface area contributed by atoms with E-state index in [0.717, 1.165) is 6.54 Å². The van der Waals surface area contributed by atoms with Crippen LogP contribution in [0.15, 0.2) is 0 Å². The molecule has 3 N–H and O–H groups in total. The molecule has 0 aliphatic carbocycles. The largest absolute Gasteiger partial charge is 0.463 e. The van der Waals surface area contributed by atoms with Gasteiger partial charge in [0.05, 0.1) is 12.5 Å². The minimum Gasteiger partial charge on any atom is -0.463 e. The first kappa shape index (κ1) is 12.4. The van der Waals surface area contributed by atoms with Crippen LogP contribution < -0.4 is 11.1 Å². The first-order chi connectivity index (χ1) is 6.02. The van der Waals surface area contributed by atoms with Crippen molar-refractivity contribution in [1.29, 1.82) is 0 Å². The maximum Gasteiger partial charge on any atom is 0.307 e. The summed E-state index contributed by atoms with van der Waals surface area (Å²) in [5, 5.41) is 3.06. The molecule has 0 saturated heterocycles. The molecule has 1 atom stereocenters. The third-order valence-electron chi connectivity index (χ3n) is 1.34. The Morgan fingerprint density at radius 3 is 2.54 bits per heavy atom. The van der Waals surface area contributed by atoms with Gasteiger partial charge in [0.1, 0.15) is 0 Å². The molecule has 78 valence electrons. The highest BCUT2D eigenvalue weighted by Crippen LogP contribution is 1.91. The van der Waals surface area contributed by atoms with Crippen LogP contribution in [0.25, 0.3) is 0 Å². The Morgan fingerprint density at radius 2 is 2.08 bits per heavy atom. The monoisotopic (exact) mass is 188 g/mol. The normalized spacial score (nSPS) is 13.0. The first-order valence-corrected chi connectivity index (χ1v) is 4.68. The molecule has 0 radical (unpaired) electrons. The van der Waals surface area contributed by atoms with E-state index in [9.17, 15) is 4.79 Å². The van der Waals surface area contributed by atoms with Crippen molar-refractivity contribution in [3.05, 3.63) is 0 Å². The summed E-state index contributed by atoms with van der Waals surface area (Å²) in [6.07, 6.45) is 0.381. The molecule has 0 aliphatic rings. The van der Waals surface area contributed by atoms with Gasteiger partial charge < -0.3 is 15.8 Å². The lowest BCUT2D eigenvalue weighted by atomic mass is 10.3. The smallest absolute Gasteiger partial charge is 0.307 e. The van der Waals surface area contributed by atoms with Gasteiger partial charge in [-0.05, 0) is 20.8 Å². The van der Waals surface area contributed by atoms with Crippen molar-refractivity contribution in [1.82, 2.24) is 5.32 Å². The van der Waals surface area contributed by atoms with Crippen molar-refractivity contribution in [3.63, 3.8) is 0 Å². The van der Waals surface area contributed by atoms with E-state index < -0.39 is 0 Å². The van der Waals surface area contributed by atoms with E-state index in [1.54, 1.807) is 0 Å². The standard InChI is InChI=1S/C9H20N2O2/c1-7(2)13-9(12)4-5-11-6-8(3)10/h7-8,11H,4-6,10H2,1-3H3. The van der Waals surface area contributed by atoms with E-state index >= 15 is 0 Å². The second-order valence-corrected chi connectivity index (χ2v) is 3.47. The number of rotatable bonds is 6. The molecule has 0 aliphatic heterocycles. The van der Waals surface area contributed by atoms with Crippen LogP contribution in [0.3, 0.4) is 0 Å². The van der Waals surface area contributed by atoms with Crippen LogP contribution in [-0.2, 0) is 9.53 Å². The number of nitrogens with two attached hydrogens (primary N) is 1. The SMILES string of the molecule is CC(N)CNCCC(=O)OC(C)C. The summed E-state index contributed by atoms with van der Waals surface area (Å²) in [6.45, 7) is 6.96. The van der Waals surface area contributed by atoms with Gasteiger partial charge in [-0.1, -0.05) is 0 Å². The minimum absolute atomic E-state index is 0.0269. The van der Waals surface area contributed by atoms with Crippen molar-refractivity contribution in [3.8, 4) is 0 Å². The van der Waals surface area contributed by atoms with Crippen LogP contribution in [0.4, 0.5) is 0 Å². The molecule has 0 fully saturated rings. The highest BCUT2D eigenvalue weighted by molar-refractivity contribution is 5.69. The Morgan fingerprint density at radius 1 is 1.46 bits per heavy atom. The Hall–Kier alpha value is -0.610. The predicted molar refractivity (Wildman–Crippen MR) is 52.4 cm³/mol. The summed E-state index contributed by atoms with van der Waals surface area (Å²) < 4.78 is 4.95. The molecule has 0 aromatic rings. The van der Waals surface area contributed by atoms with Crippen LogP contribution in [0.5, 0.6) is 0 Å². The fourth-order valence-corrected chi connectivity index (χ4v) is 0.842. The molecule has 0 saturated carbocycles. The Labute approximate surface area is 79.8 Å². The third kappa shape index (κ3) is 9.30. The number of carbonyl (C=O) groups is 1. The molecular formula is C9H20N2O2. The lowest BCUT2D eigenvalue weighted by Crippen LogP contribution is -2.32. The van der Waals surface area contributed by atoms with E-state index in [-0.39, 0.29) is 18.1 Å². The highest BCUT2D eigenvalue weighted by Gasteiger charge is 2.04. The maximum atomic E-state index is 11.0. The molecular weight excluding hydrogens is 168 g/mol. The average molecular weight is 188 g/mol. The summed E-state index contributed by atoms with van der Waals surface area (Å²) in [7, 11) is 0. The first-order valence-electron chi connectivity index (χ1n) is 4.68. The molecule has 0 spiro atoms. The molecule has 4 nitrogen and oxygen atoms in total. The topological polar surface area (TPSA) is 64.3 Å². The van der Waals surface area contributed by atoms with Crippen LogP contribution in [-0.4, -0.2) is 31.2 Å². The second-order valence-electron chi connectivity index (χ2n) is 3.47. The van der Waals surface area contributed by atoms with Crippen molar-refractivity contribution in [2.45, 2.75) is 39.3 Å². The fourth-order valence-electron chi connectivity index (χ4n) is 0.842. The number of hydrogen-bond donors (Lipinski definition) is 2. The van der Waals surface area contributed by atoms with Crippen molar-refractivity contribution < 1.29 is 9.53 Å². The average Bonchev–Trinajstić information content (AvgIpc) is 1.96. The summed E-state index contributed by atoms with van der Waals surface area (Å²) in [5.41, 5.74) is 5.51. The summed E-state index contributed by atoms with van der Waals surface area (Å²) >= 11 is 0. The Balaban J connectivity index is 3.27. The lowest BCUT2D eigenvalue weighted by Gasteiger charge is -2.09. The van der Waals surface area contributed by atoms with Gasteiger partial charge in [-0.2, -0.15) is 0 Å². The van der Waals surface area contributed by atoms with Crippen LogP contribution >= 0.6 is 0 Å². The minimum atomic E-state index is -0.160. The van der Waals surface area contributed by atoms with Gasteiger partial charge >= 0.3 is 5.97 Å². The lowest BCUT2D eigenvalue weighted by molar-refractivity contribution is -0.147. The van der Waals surface area contributed by atoms with E-state index in [2.05, 4.69) is 5.32 Å². The maximum absolute atomic E-state index is 11.0. The predicted octanol–water partition coefficient (Wildman–Crippen LogP) is 0.265. The fraction of sp³-hybridized carbons (Fsp3) is 0.889. The van der Waals surface area contributed by atoms with E-state index in [1.807, 2.05) is 20.8 Å². The molecule has 0 heterocycles. The Bertz CT molecular complexity index is 147. The third-order valence-corrected chi connectivity index (χ3v) is 1.34. The number of ether oxygens (including phenoxy) is 1. The number of carbonyl (C=O) groups excluding carboxylic acids is 1. The summed E-state index contributed by atoms with van der Waals surface area (Å²) in [4.78, 5) is 11.0. The number of hydrogen-bond acceptors (Lipinski definition) is 4. The molecule has 0 amide bonds. The van der Waals surface area contributed by atoms with Crippen molar-refractivity contribution in [2.24, 2.45) is 5.73 Å². The molecule has 0 aromatic carbocycles. The molecule has 0 bridgehead atoms. The summed E-state index contributed by atoms with van der Waals surface area (Å²) in [5.74, 6) is -0.160. The van der Waals surface area contributed by atoms with Gasteiger partial charge in [0, 0.05) is 19.1 Å². The van der Waals surface area contributed by atoms with E-state index in [4.69, 9.17) is 10.5 Å². The van der Waals surface area contributed by atoms with Gasteiger partial charge in [0.2, 0.25) is 0 Å². The zero-order valence-corrected chi connectivity index (χ0v) is 8.67. The van der Waals surface area contributed by atoms with Crippen molar-refractivity contribution >= 4 is 5.97 Å². The van der Waals surface area contributed by atoms with Crippen LogP contribution in [0.1, 0.15) is 27.2 Å². The zero-order chi connectivity index (χ0) is 10.3. The molecule has 0 rings (SSSR count). The van der Waals surface area contributed by atoms with Crippen LogP contribution in [0.2, 0.25) is 0 Å².